The molecule has 0 aromatic heterocycles. The minimum atomic E-state index is -2.83. The van der Waals surface area contributed by atoms with Crippen molar-refractivity contribution in [2.45, 2.75) is 70.1 Å². The van der Waals surface area contributed by atoms with E-state index in [-0.39, 0.29) is 5.25 Å². The Balaban J connectivity index is 2.35. The molecule has 0 heterocycles. The second-order valence-corrected chi connectivity index (χ2v) is 7.56. The Hall–Kier alpha value is -0.0900. The highest BCUT2D eigenvalue weighted by molar-refractivity contribution is 7.92. The Morgan fingerprint density at radius 1 is 1.12 bits per heavy atom. The fourth-order valence-corrected chi connectivity index (χ4v) is 4.48. The van der Waals surface area contributed by atoms with E-state index in [1.165, 1.54) is 0 Å². The summed E-state index contributed by atoms with van der Waals surface area (Å²) in [6, 6.07) is 0.431. The van der Waals surface area contributed by atoms with Crippen molar-refractivity contribution in [1.29, 1.82) is 0 Å². The van der Waals surface area contributed by atoms with Crippen LogP contribution in [0, 0.1) is 0 Å². The molecule has 0 aromatic carbocycles. The summed E-state index contributed by atoms with van der Waals surface area (Å²) in [7, 11) is -2.83. The van der Waals surface area contributed by atoms with Crippen molar-refractivity contribution in [3.63, 3.8) is 0 Å². The van der Waals surface area contributed by atoms with Crippen molar-refractivity contribution >= 4 is 9.84 Å². The zero-order valence-corrected chi connectivity index (χ0v) is 12.1. The molecule has 0 spiro atoms. The van der Waals surface area contributed by atoms with Gasteiger partial charge in [0.2, 0.25) is 0 Å². The summed E-state index contributed by atoms with van der Waals surface area (Å²) >= 11 is 0. The van der Waals surface area contributed by atoms with Crippen LogP contribution >= 0.6 is 0 Å². The molecular formula is C13H27NO2S. The molecule has 1 aliphatic rings. The number of unbranched alkanes of at least 4 members (excludes halogenated alkanes) is 2. The van der Waals surface area contributed by atoms with Gasteiger partial charge in [-0.05, 0) is 38.6 Å². The molecular weight excluding hydrogens is 234 g/mol. The summed E-state index contributed by atoms with van der Waals surface area (Å²) in [5.74, 6) is 0.395. The molecule has 0 amide bonds. The van der Waals surface area contributed by atoms with Gasteiger partial charge in [0.05, 0.1) is 11.0 Å². The number of sulfone groups is 1. The summed E-state index contributed by atoms with van der Waals surface area (Å²) < 4.78 is 24.2. The van der Waals surface area contributed by atoms with E-state index >= 15 is 0 Å². The Labute approximate surface area is 106 Å². The highest BCUT2D eigenvalue weighted by atomic mass is 32.2. The van der Waals surface area contributed by atoms with Crippen molar-refractivity contribution in [3.8, 4) is 0 Å². The van der Waals surface area contributed by atoms with E-state index in [4.69, 9.17) is 0 Å². The van der Waals surface area contributed by atoms with Crippen LogP contribution in [0.2, 0.25) is 0 Å². The van der Waals surface area contributed by atoms with Crippen LogP contribution in [-0.2, 0) is 9.84 Å². The van der Waals surface area contributed by atoms with Crippen molar-refractivity contribution in [1.82, 2.24) is 5.32 Å². The maximum atomic E-state index is 12.1. The monoisotopic (exact) mass is 261 g/mol. The summed E-state index contributed by atoms with van der Waals surface area (Å²) in [5.41, 5.74) is 0. The van der Waals surface area contributed by atoms with E-state index in [2.05, 4.69) is 19.2 Å². The zero-order valence-electron chi connectivity index (χ0n) is 11.2. The van der Waals surface area contributed by atoms with Crippen molar-refractivity contribution in [3.05, 3.63) is 0 Å². The SMILES string of the molecule is CCCCCS(=O)(=O)C1CCC(NCCC)C1. The molecule has 102 valence electrons. The molecule has 17 heavy (non-hydrogen) atoms. The Morgan fingerprint density at radius 2 is 1.88 bits per heavy atom. The molecule has 0 aliphatic heterocycles. The first-order chi connectivity index (χ1) is 8.10. The second kappa shape index (κ2) is 7.37. The third-order valence-electron chi connectivity index (χ3n) is 3.61. The molecule has 4 heteroatoms. The van der Waals surface area contributed by atoms with Crippen LogP contribution in [0.4, 0.5) is 0 Å². The van der Waals surface area contributed by atoms with Gasteiger partial charge >= 0.3 is 0 Å². The lowest BCUT2D eigenvalue weighted by atomic mass is 10.2. The Morgan fingerprint density at radius 3 is 2.53 bits per heavy atom. The lowest BCUT2D eigenvalue weighted by Gasteiger charge is -2.13. The van der Waals surface area contributed by atoms with E-state index in [1.807, 2.05) is 0 Å². The van der Waals surface area contributed by atoms with E-state index in [0.29, 0.717) is 11.8 Å². The average molecular weight is 261 g/mol. The highest BCUT2D eigenvalue weighted by Crippen LogP contribution is 2.26. The quantitative estimate of drug-likeness (QED) is 0.683. The van der Waals surface area contributed by atoms with Gasteiger partial charge in [-0.25, -0.2) is 8.42 Å². The molecule has 0 aromatic rings. The molecule has 1 rings (SSSR count). The van der Waals surface area contributed by atoms with Gasteiger partial charge < -0.3 is 5.32 Å². The maximum Gasteiger partial charge on any atom is 0.153 e. The van der Waals surface area contributed by atoms with Crippen molar-refractivity contribution in [2.75, 3.05) is 12.3 Å². The molecule has 3 nitrogen and oxygen atoms in total. The Kier molecular flexibility index (Phi) is 6.49. The van der Waals surface area contributed by atoms with Crippen LogP contribution in [0.5, 0.6) is 0 Å². The first kappa shape index (κ1) is 15.0. The number of hydrogen-bond donors (Lipinski definition) is 1. The molecule has 2 unspecified atom stereocenters. The van der Waals surface area contributed by atoms with E-state index in [0.717, 1.165) is 51.5 Å². The Bertz CT molecular complexity index is 301. The zero-order chi connectivity index (χ0) is 12.7. The number of hydrogen-bond acceptors (Lipinski definition) is 3. The molecule has 1 saturated carbocycles. The molecule has 1 fully saturated rings. The fourth-order valence-electron chi connectivity index (χ4n) is 2.52. The molecule has 0 saturated heterocycles. The third-order valence-corrected chi connectivity index (χ3v) is 5.91. The average Bonchev–Trinajstić information content (AvgIpc) is 2.76. The van der Waals surface area contributed by atoms with Crippen LogP contribution in [-0.4, -0.2) is 32.0 Å². The summed E-state index contributed by atoms with van der Waals surface area (Å²) in [4.78, 5) is 0. The first-order valence-electron chi connectivity index (χ1n) is 7.05. The smallest absolute Gasteiger partial charge is 0.153 e. The lowest BCUT2D eigenvalue weighted by Crippen LogP contribution is -2.29. The van der Waals surface area contributed by atoms with Gasteiger partial charge in [-0.2, -0.15) is 0 Å². The molecule has 0 bridgehead atoms. The molecule has 0 radical (unpaired) electrons. The number of nitrogens with one attached hydrogen (secondary N) is 1. The van der Waals surface area contributed by atoms with Gasteiger partial charge in [0.25, 0.3) is 0 Å². The largest absolute Gasteiger partial charge is 0.314 e. The van der Waals surface area contributed by atoms with Gasteiger partial charge in [-0.3, -0.25) is 0 Å². The van der Waals surface area contributed by atoms with Gasteiger partial charge in [-0.15, -0.1) is 0 Å². The fraction of sp³-hybridized carbons (Fsp3) is 1.00. The standard InChI is InChI=1S/C13H27NO2S/c1-3-5-6-10-17(15,16)13-8-7-12(11-13)14-9-4-2/h12-14H,3-11H2,1-2H3. The minimum Gasteiger partial charge on any atom is -0.314 e. The summed E-state index contributed by atoms with van der Waals surface area (Å²) in [6.07, 6.45) is 6.78. The van der Waals surface area contributed by atoms with E-state index in [1.54, 1.807) is 0 Å². The van der Waals surface area contributed by atoms with Crippen LogP contribution in [0.15, 0.2) is 0 Å². The lowest BCUT2D eigenvalue weighted by molar-refractivity contribution is 0.520. The van der Waals surface area contributed by atoms with Gasteiger partial charge in [0.1, 0.15) is 0 Å². The predicted octanol–water partition coefficient (Wildman–Crippen LogP) is 2.51. The van der Waals surface area contributed by atoms with E-state index in [9.17, 15) is 8.42 Å². The van der Waals surface area contributed by atoms with Crippen LogP contribution < -0.4 is 5.32 Å². The molecule has 1 N–H and O–H groups in total. The van der Waals surface area contributed by atoms with Gasteiger partial charge in [0.15, 0.2) is 9.84 Å². The topological polar surface area (TPSA) is 46.2 Å². The van der Waals surface area contributed by atoms with Gasteiger partial charge in [-0.1, -0.05) is 26.7 Å². The van der Waals surface area contributed by atoms with Crippen molar-refractivity contribution in [2.24, 2.45) is 0 Å². The van der Waals surface area contributed by atoms with Crippen molar-refractivity contribution < 1.29 is 8.42 Å². The third kappa shape index (κ3) is 4.96. The molecule has 1 aliphatic carbocycles. The predicted molar refractivity (Wildman–Crippen MR) is 73.0 cm³/mol. The van der Waals surface area contributed by atoms with Crippen LogP contribution in [0.1, 0.15) is 58.8 Å². The van der Waals surface area contributed by atoms with E-state index < -0.39 is 9.84 Å². The van der Waals surface area contributed by atoms with Gasteiger partial charge in [0, 0.05) is 6.04 Å². The summed E-state index contributed by atoms with van der Waals surface area (Å²) in [5, 5.41) is 3.36. The first-order valence-corrected chi connectivity index (χ1v) is 8.76. The minimum absolute atomic E-state index is 0.0753. The normalized spacial score (nSPS) is 25.3. The van der Waals surface area contributed by atoms with Crippen LogP contribution in [0.25, 0.3) is 0 Å². The summed E-state index contributed by atoms with van der Waals surface area (Å²) in [6.45, 7) is 5.25. The maximum absolute atomic E-state index is 12.1. The van der Waals surface area contributed by atoms with Crippen LogP contribution in [0.3, 0.4) is 0 Å². The second-order valence-electron chi connectivity index (χ2n) is 5.16. The molecule has 2 atom stereocenters. The number of rotatable bonds is 8. The highest BCUT2D eigenvalue weighted by Gasteiger charge is 2.33.